The Kier molecular flexibility index (Phi) is 4.13. The smallest absolute Gasteiger partial charge is 0.141 e. The Hall–Kier alpha value is -3.20. The third-order valence-electron chi connectivity index (χ3n) is 4.28. The van der Waals surface area contributed by atoms with Gasteiger partial charge in [0.15, 0.2) is 0 Å². The van der Waals surface area contributed by atoms with Gasteiger partial charge < -0.3 is 14.4 Å². The summed E-state index contributed by atoms with van der Waals surface area (Å²) in [5.41, 5.74) is 3.31. The average molecular weight is 329 g/mol. The van der Waals surface area contributed by atoms with Crippen LogP contribution < -0.4 is 4.74 Å². The first-order valence-electron chi connectivity index (χ1n) is 8.32. The Labute approximate surface area is 146 Å². The van der Waals surface area contributed by atoms with Gasteiger partial charge in [-0.3, -0.25) is 0 Å². The molecule has 1 heterocycles. The summed E-state index contributed by atoms with van der Waals surface area (Å²) < 4.78 is 7.92. The van der Waals surface area contributed by atoms with Crippen molar-refractivity contribution in [3.8, 4) is 11.5 Å². The minimum absolute atomic E-state index is 0.274. The number of hydrogen-bond donors (Lipinski definition) is 1. The normalized spacial score (nSPS) is 10.9. The number of fused-ring (bicyclic) bond motifs is 1. The highest BCUT2D eigenvalue weighted by Gasteiger charge is 2.09. The molecule has 124 valence electrons. The summed E-state index contributed by atoms with van der Waals surface area (Å²) in [6, 6.07) is 26.1. The van der Waals surface area contributed by atoms with Crippen LogP contribution in [0.1, 0.15) is 11.1 Å². The molecule has 4 aromatic rings. The van der Waals surface area contributed by atoms with Crippen molar-refractivity contribution in [3.63, 3.8) is 0 Å². The Morgan fingerprint density at radius 3 is 2.20 bits per heavy atom. The van der Waals surface area contributed by atoms with Gasteiger partial charge in [0.25, 0.3) is 0 Å². The van der Waals surface area contributed by atoms with Gasteiger partial charge in [-0.05, 0) is 29.3 Å². The first-order valence-corrected chi connectivity index (χ1v) is 8.32. The molecule has 0 saturated carbocycles. The molecule has 1 aromatic heterocycles. The fourth-order valence-corrected chi connectivity index (χ4v) is 3.00. The Morgan fingerprint density at radius 1 is 0.800 bits per heavy atom. The van der Waals surface area contributed by atoms with E-state index in [0.717, 1.165) is 28.8 Å². The van der Waals surface area contributed by atoms with Crippen molar-refractivity contribution in [2.24, 2.45) is 0 Å². The van der Waals surface area contributed by atoms with Crippen LogP contribution >= 0.6 is 0 Å². The van der Waals surface area contributed by atoms with Crippen molar-refractivity contribution in [2.75, 3.05) is 0 Å². The molecule has 3 nitrogen and oxygen atoms in total. The third-order valence-corrected chi connectivity index (χ3v) is 4.28. The largest absolute Gasteiger partial charge is 0.506 e. The number of nitrogens with zero attached hydrogens (tertiary/aromatic N) is 1. The predicted molar refractivity (Wildman–Crippen MR) is 99.9 cm³/mol. The Morgan fingerprint density at radius 2 is 1.48 bits per heavy atom. The highest BCUT2D eigenvalue weighted by Crippen LogP contribution is 2.31. The summed E-state index contributed by atoms with van der Waals surface area (Å²) >= 11 is 0. The van der Waals surface area contributed by atoms with Gasteiger partial charge in [0.1, 0.15) is 18.1 Å². The van der Waals surface area contributed by atoms with E-state index in [2.05, 4.69) is 16.7 Å². The molecule has 0 atom stereocenters. The van der Waals surface area contributed by atoms with Crippen LogP contribution in [0.15, 0.2) is 85.1 Å². The van der Waals surface area contributed by atoms with Crippen molar-refractivity contribution in [2.45, 2.75) is 13.2 Å². The lowest BCUT2D eigenvalue weighted by atomic mass is 10.2. The van der Waals surface area contributed by atoms with Gasteiger partial charge in [-0.1, -0.05) is 60.7 Å². The molecule has 0 unspecified atom stereocenters. The zero-order chi connectivity index (χ0) is 17.1. The van der Waals surface area contributed by atoms with Crippen molar-refractivity contribution in [1.82, 2.24) is 4.57 Å². The standard InChI is InChI=1S/C22H19NO2/c24-22-15-23(14-17-7-3-1-4-8-17)21-12-11-19(13-20(21)22)25-16-18-9-5-2-6-10-18/h1-13,15,24H,14,16H2. The van der Waals surface area contributed by atoms with Crippen LogP contribution in [-0.2, 0) is 13.2 Å². The van der Waals surface area contributed by atoms with Crippen molar-refractivity contribution in [3.05, 3.63) is 96.2 Å². The lowest BCUT2D eigenvalue weighted by Crippen LogP contribution is -1.98. The van der Waals surface area contributed by atoms with Crippen LogP contribution in [0.5, 0.6) is 11.5 Å². The Bertz CT molecular complexity index is 975. The van der Waals surface area contributed by atoms with Crippen LogP contribution in [0.25, 0.3) is 10.9 Å². The van der Waals surface area contributed by atoms with Gasteiger partial charge in [0.2, 0.25) is 0 Å². The highest BCUT2D eigenvalue weighted by atomic mass is 16.5. The summed E-state index contributed by atoms with van der Waals surface area (Å²) in [6.45, 7) is 1.24. The lowest BCUT2D eigenvalue weighted by molar-refractivity contribution is 0.306. The van der Waals surface area contributed by atoms with Gasteiger partial charge in [-0.2, -0.15) is 0 Å². The van der Waals surface area contributed by atoms with E-state index >= 15 is 0 Å². The van der Waals surface area contributed by atoms with E-state index in [1.54, 1.807) is 6.20 Å². The quantitative estimate of drug-likeness (QED) is 0.561. The molecule has 0 radical (unpaired) electrons. The summed E-state index contributed by atoms with van der Waals surface area (Å²) in [5.74, 6) is 1.03. The number of aromatic nitrogens is 1. The molecular formula is C22H19NO2. The average Bonchev–Trinajstić information content (AvgIpc) is 2.97. The minimum Gasteiger partial charge on any atom is -0.506 e. The molecule has 3 heteroatoms. The van der Waals surface area contributed by atoms with E-state index in [1.807, 2.05) is 66.7 Å². The van der Waals surface area contributed by atoms with Gasteiger partial charge >= 0.3 is 0 Å². The van der Waals surface area contributed by atoms with Gasteiger partial charge in [-0.15, -0.1) is 0 Å². The minimum atomic E-state index is 0.274. The fraction of sp³-hybridized carbons (Fsp3) is 0.0909. The second-order valence-corrected chi connectivity index (χ2v) is 6.08. The molecule has 0 amide bonds. The van der Waals surface area contributed by atoms with E-state index < -0.39 is 0 Å². The van der Waals surface area contributed by atoms with E-state index in [9.17, 15) is 5.11 Å². The maximum absolute atomic E-state index is 10.3. The van der Waals surface area contributed by atoms with Crippen LogP contribution in [0.2, 0.25) is 0 Å². The third kappa shape index (κ3) is 3.36. The Balaban J connectivity index is 1.58. The first kappa shape index (κ1) is 15.3. The molecule has 25 heavy (non-hydrogen) atoms. The summed E-state index contributed by atoms with van der Waals surface area (Å²) in [7, 11) is 0. The molecule has 0 bridgehead atoms. The van der Waals surface area contributed by atoms with Crippen LogP contribution in [0.3, 0.4) is 0 Å². The topological polar surface area (TPSA) is 34.4 Å². The number of benzene rings is 3. The monoisotopic (exact) mass is 329 g/mol. The number of aromatic hydroxyl groups is 1. The zero-order valence-electron chi connectivity index (χ0n) is 13.8. The van der Waals surface area contributed by atoms with Crippen molar-refractivity contribution in [1.29, 1.82) is 0 Å². The van der Waals surface area contributed by atoms with Gasteiger partial charge in [0.05, 0.1) is 5.52 Å². The van der Waals surface area contributed by atoms with Gasteiger partial charge in [0, 0.05) is 18.1 Å². The molecule has 0 aliphatic heterocycles. The second kappa shape index (κ2) is 6.73. The van der Waals surface area contributed by atoms with Crippen LogP contribution in [-0.4, -0.2) is 9.67 Å². The highest BCUT2D eigenvalue weighted by molar-refractivity contribution is 5.87. The van der Waals surface area contributed by atoms with Crippen molar-refractivity contribution < 1.29 is 9.84 Å². The van der Waals surface area contributed by atoms with E-state index in [-0.39, 0.29) is 5.75 Å². The lowest BCUT2D eigenvalue weighted by Gasteiger charge is -2.08. The summed E-state index contributed by atoms with van der Waals surface area (Å²) in [6.07, 6.45) is 1.78. The molecule has 0 spiro atoms. The molecule has 4 rings (SSSR count). The SMILES string of the molecule is Oc1cn(Cc2ccccc2)c2ccc(OCc3ccccc3)cc12. The second-order valence-electron chi connectivity index (χ2n) is 6.08. The van der Waals surface area contributed by atoms with Crippen molar-refractivity contribution >= 4 is 10.9 Å². The fourth-order valence-electron chi connectivity index (χ4n) is 3.00. The number of hydrogen-bond acceptors (Lipinski definition) is 2. The van der Waals surface area contributed by atoms with Gasteiger partial charge in [-0.25, -0.2) is 0 Å². The predicted octanol–water partition coefficient (Wildman–Crippen LogP) is 4.97. The molecule has 0 aliphatic carbocycles. The summed E-state index contributed by atoms with van der Waals surface area (Å²) in [5, 5.41) is 11.1. The first-order chi connectivity index (χ1) is 12.3. The summed E-state index contributed by atoms with van der Waals surface area (Å²) in [4.78, 5) is 0. The molecule has 1 N–H and O–H groups in total. The van der Waals surface area contributed by atoms with Crippen LogP contribution in [0.4, 0.5) is 0 Å². The molecule has 3 aromatic carbocycles. The zero-order valence-corrected chi connectivity index (χ0v) is 13.8. The van der Waals surface area contributed by atoms with E-state index in [1.165, 1.54) is 5.56 Å². The van der Waals surface area contributed by atoms with E-state index in [0.29, 0.717) is 6.61 Å². The molecular weight excluding hydrogens is 310 g/mol. The number of rotatable bonds is 5. The van der Waals surface area contributed by atoms with Crippen LogP contribution in [0, 0.1) is 0 Å². The maximum atomic E-state index is 10.3. The molecule has 0 saturated heterocycles. The molecule has 0 fully saturated rings. The van der Waals surface area contributed by atoms with E-state index in [4.69, 9.17) is 4.74 Å². The molecule has 0 aliphatic rings. The maximum Gasteiger partial charge on any atom is 0.141 e. The number of ether oxygens (including phenoxy) is 1.